The van der Waals surface area contributed by atoms with Crippen molar-refractivity contribution in [3.05, 3.63) is 64.3 Å². The number of hydrogen-bond donors (Lipinski definition) is 0. The number of ether oxygens (including phenoxy) is 2. The molecule has 8 nitrogen and oxygen atoms in total. The third-order valence-electron chi connectivity index (χ3n) is 7.15. The second-order valence-corrected chi connectivity index (χ2v) is 11.3. The predicted octanol–water partition coefficient (Wildman–Crippen LogP) is 4.56. The lowest BCUT2D eigenvalue weighted by molar-refractivity contribution is -0.130. The van der Waals surface area contributed by atoms with E-state index in [1.54, 1.807) is 40.5 Å². The molecule has 2 aromatic carbocycles. The summed E-state index contributed by atoms with van der Waals surface area (Å²) in [5, 5.41) is 1.21. The first kappa shape index (κ1) is 27.6. The minimum absolute atomic E-state index is 0.0973. The summed E-state index contributed by atoms with van der Waals surface area (Å²) >= 11 is 8.49. The van der Waals surface area contributed by atoms with Crippen molar-refractivity contribution in [1.29, 1.82) is 0 Å². The van der Waals surface area contributed by atoms with Crippen LogP contribution in [0.3, 0.4) is 0 Å². The Morgan fingerprint density at radius 1 is 1.23 bits per heavy atom. The molecule has 3 atom stereocenters. The van der Waals surface area contributed by atoms with Gasteiger partial charge < -0.3 is 19.3 Å². The zero-order valence-corrected chi connectivity index (χ0v) is 23.6. The van der Waals surface area contributed by atoms with E-state index in [1.165, 1.54) is 18.2 Å². The van der Waals surface area contributed by atoms with Crippen LogP contribution in [0.4, 0.5) is 10.2 Å². The number of thioether (sulfide) groups is 1. The first-order valence-corrected chi connectivity index (χ1v) is 14.1. The summed E-state index contributed by atoms with van der Waals surface area (Å²) in [6.07, 6.45) is 1.03. The Kier molecular flexibility index (Phi) is 8.00. The Bertz CT molecular complexity index is 1470. The summed E-state index contributed by atoms with van der Waals surface area (Å²) < 4.78 is 26.4. The Balaban J connectivity index is 1.70. The highest BCUT2D eigenvalue weighted by Gasteiger charge is 2.35. The van der Waals surface area contributed by atoms with E-state index in [0.717, 1.165) is 21.4 Å². The summed E-state index contributed by atoms with van der Waals surface area (Å²) in [7, 11) is 1.55. The van der Waals surface area contributed by atoms with Crippen molar-refractivity contribution in [2.24, 2.45) is 0 Å². The molecule has 0 radical (unpaired) electrons. The Morgan fingerprint density at radius 2 is 1.92 bits per heavy atom. The number of halogens is 2. The monoisotopic (exact) mass is 572 g/mol. The first-order valence-electron chi connectivity index (χ1n) is 12.7. The highest BCUT2D eigenvalue weighted by atomic mass is 35.5. The molecule has 0 saturated carbocycles. The third-order valence-corrected chi connectivity index (χ3v) is 8.67. The topological polar surface area (TPSA) is 76.9 Å². The summed E-state index contributed by atoms with van der Waals surface area (Å²) in [5.41, 5.74) is 1.80. The van der Waals surface area contributed by atoms with E-state index >= 15 is 0 Å². The van der Waals surface area contributed by atoms with Gasteiger partial charge in [0, 0.05) is 53.9 Å². The van der Waals surface area contributed by atoms with Crippen molar-refractivity contribution >= 4 is 46.0 Å². The van der Waals surface area contributed by atoms with E-state index in [4.69, 9.17) is 21.1 Å². The smallest absolute Gasteiger partial charge is 0.350 e. The van der Waals surface area contributed by atoms with Gasteiger partial charge in [0.25, 0.3) is 0 Å². The number of nitrogens with zero attached hydrogens (tertiary/aromatic N) is 4. The van der Waals surface area contributed by atoms with Gasteiger partial charge in [-0.15, -0.1) is 11.8 Å². The van der Waals surface area contributed by atoms with Gasteiger partial charge in [-0.3, -0.25) is 9.36 Å². The number of hydrogen-bond acceptors (Lipinski definition) is 7. The van der Waals surface area contributed by atoms with Gasteiger partial charge in [-0.05, 0) is 43.7 Å². The van der Waals surface area contributed by atoms with E-state index in [9.17, 15) is 14.0 Å². The molecule has 3 aromatic rings. The normalized spacial score (nSPS) is 21.2. The van der Waals surface area contributed by atoms with Crippen LogP contribution in [0, 0.1) is 5.82 Å². The van der Waals surface area contributed by atoms with Gasteiger partial charge in [0.1, 0.15) is 18.4 Å². The first-order chi connectivity index (χ1) is 18.7. The lowest BCUT2D eigenvalue weighted by atomic mass is 10.0. The van der Waals surface area contributed by atoms with E-state index in [0.29, 0.717) is 41.7 Å². The molecule has 2 aliphatic heterocycles. The van der Waals surface area contributed by atoms with E-state index in [-0.39, 0.29) is 36.7 Å². The predicted molar refractivity (Wildman–Crippen MR) is 152 cm³/mol. The highest BCUT2D eigenvalue weighted by molar-refractivity contribution is 7.99. The van der Waals surface area contributed by atoms with Crippen LogP contribution in [0.25, 0.3) is 22.0 Å². The number of carbonyl (C=O) groups excluding carboxylic acids is 1. The zero-order chi connectivity index (χ0) is 27.8. The summed E-state index contributed by atoms with van der Waals surface area (Å²) in [6.45, 7) is 8.96. The number of methoxy groups -OCH3 is 1. The van der Waals surface area contributed by atoms with E-state index < -0.39 is 5.69 Å². The summed E-state index contributed by atoms with van der Waals surface area (Å²) in [4.78, 5) is 35.3. The minimum atomic E-state index is -0.399. The van der Waals surface area contributed by atoms with Crippen LogP contribution in [0.1, 0.15) is 13.8 Å². The highest BCUT2D eigenvalue weighted by Crippen LogP contribution is 2.45. The quantitative estimate of drug-likeness (QED) is 0.316. The molecule has 3 heterocycles. The van der Waals surface area contributed by atoms with Gasteiger partial charge in [-0.2, -0.15) is 4.98 Å². The number of aromatic nitrogens is 2. The molecular formula is C28H30ClFN4O4S. The van der Waals surface area contributed by atoms with Gasteiger partial charge in [-0.1, -0.05) is 30.3 Å². The maximum atomic E-state index is 13.8. The van der Waals surface area contributed by atoms with Crippen molar-refractivity contribution < 1.29 is 18.7 Å². The average Bonchev–Trinajstić information content (AvgIpc) is 3.10. The Hall–Kier alpha value is -2.92. The fraction of sp³-hybridized carbons (Fsp3) is 0.393. The molecule has 0 N–H and O–H groups in total. The van der Waals surface area contributed by atoms with Crippen molar-refractivity contribution in [3.63, 3.8) is 0 Å². The van der Waals surface area contributed by atoms with Crippen LogP contribution in [0.5, 0.6) is 0 Å². The van der Waals surface area contributed by atoms with Gasteiger partial charge in [0.15, 0.2) is 0 Å². The number of benzene rings is 2. The Morgan fingerprint density at radius 3 is 2.56 bits per heavy atom. The largest absolute Gasteiger partial charge is 0.359 e. The fourth-order valence-electron chi connectivity index (χ4n) is 5.53. The molecule has 206 valence electrons. The second-order valence-electron chi connectivity index (χ2n) is 9.85. The lowest BCUT2D eigenvalue weighted by Crippen LogP contribution is -2.58. The van der Waals surface area contributed by atoms with E-state index in [1.807, 2.05) is 19.9 Å². The molecule has 1 aromatic heterocycles. The number of piperazine rings is 1. The molecule has 0 bridgehead atoms. The van der Waals surface area contributed by atoms with Crippen LogP contribution < -0.4 is 10.6 Å². The van der Waals surface area contributed by atoms with Crippen molar-refractivity contribution in [1.82, 2.24) is 14.5 Å². The standard InChI is InChI=1S/C28H30ClFN4O4S/c1-5-23(35)34-16(2)11-32(12-17(34)3)27-21-10-22(29)24(18-6-8-19(30)9-7-18)26-25(21)33(28(36)31-27)13-20(14-39-26)38-15-37-4/h5-10,16-17,20H,1,11-15H2,2-4H3/t16-,17+,20?. The van der Waals surface area contributed by atoms with Crippen molar-refractivity contribution in [3.8, 4) is 11.1 Å². The number of rotatable bonds is 6. The molecule has 1 amide bonds. The van der Waals surface area contributed by atoms with Crippen LogP contribution in [0.2, 0.25) is 5.02 Å². The molecule has 39 heavy (non-hydrogen) atoms. The summed E-state index contributed by atoms with van der Waals surface area (Å²) in [6, 6.07) is 7.76. The molecule has 0 aliphatic carbocycles. The molecule has 1 unspecified atom stereocenters. The molecule has 11 heteroatoms. The maximum absolute atomic E-state index is 13.8. The summed E-state index contributed by atoms with van der Waals surface area (Å²) in [5.74, 6) is 0.616. The van der Waals surface area contributed by atoms with E-state index in [2.05, 4.69) is 16.5 Å². The molecule has 0 spiro atoms. The SMILES string of the molecule is C=CC(=O)N1[C@H](C)CN(c2nc(=O)n3c4c(c(-c5ccc(F)cc5)c(Cl)cc24)SCC(OCOC)C3)C[C@@H]1C. The minimum Gasteiger partial charge on any atom is -0.359 e. The van der Waals surface area contributed by atoms with Crippen LogP contribution >= 0.6 is 23.4 Å². The number of anilines is 1. The van der Waals surface area contributed by atoms with Gasteiger partial charge in [0.2, 0.25) is 5.91 Å². The maximum Gasteiger partial charge on any atom is 0.350 e. The van der Waals surface area contributed by atoms with Crippen LogP contribution in [-0.2, 0) is 20.8 Å². The zero-order valence-electron chi connectivity index (χ0n) is 22.0. The van der Waals surface area contributed by atoms with Crippen molar-refractivity contribution in [2.45, 2.75) is 43.5 Å². The molecule has 1 saturated heterocycles. The average molecular weight is 573 g/mol. The number of carbonyl (C=O) groups is 1. The molecule has 1 fully saturated rings. The molecule has 5 rings (SSSR count). The number of amides is 1. The van der Waals surface area contributed by atoms with Gasteiger partial charge in [0.05, 0.1) is 23.2 Å². The van der Waals surface area contributed by atoms with Crippen LogP contribution in [-0.4, -0.2) is 71.3 Å². The fourth-order valence-corrected chi connectivity index (χ4v) is 7.18. The van der Waals surface area contributed by atoms with Crippen LogP contribution in [0.15, 0.2) is 52.7 Å². The van der Waals surface area contributed by atoms with Crippen molar-refractivity contribution in [2.75, 3.05) is 37.6 Å². The lowest BCUT2D eigenvalue weighted by Gasteiger charge is -2.44. The molecular weight excluding hydrogens is 543 g/mol. The van der Waals surface area contributed by atoms with Gasteiger partial charge >= 0.3 is 5.69 Å². The third kappa shape index (κ3) is 5.18. The molecule has 2 aliphatic rings. The Labute approximate surface area is 235 Å². The van der Waals surface area contributed by atoms with Gasteiger partial charge in [-0.25, -0.2) is 9.18 Å². The second kappa shape index (κ2) is 11.3.